The Labute approximate surface area is 121 Å². The Hall–Kier alpha value is -0.810. The van der Waals surface area contributed by atoms with E-state index in [0.717, 1.165) is 31.9 Å². The molecular formula is C15H21F2NOS. The van der Waals surface area contributed by atoms with Gasteiger partial charge in [0.05, 0.1) is 20.9 Å². The van der Waals surface area contributed by atoms with Crippen LogP contribution in [0.25, 0.3) is 0 Å². The highest BCUT2D eigenvalue weighted by Gasteiger charge is 2.34. The van der Waals surface area contributed by atoms with E-state index in [9.17, 15) is 13.0 Å². The highest BCUT2D eigenvalue weighted by molar-refractivity contribution is 7.85. The Morgan fingerprint density at radius 2 is 2.10 bits per heavy atom. The van der Waals surface area contributed by atoms with Gasteiger partial charge in [-0.15, -0.1) is 0 Å². The summed E-state index contributed by atoms with van der Waals surface area (Å²) < 4.78 is 39.4. The van der Waals surface area contributed by atoms with Crippen LogP contribution >= 0.6 is 0 Å². The molecule has 2 rings (SSSR count). The molecule has 0 radical (unpaired) electrons. The monoisotopic (exact) mass is 301 g/mol. The molecule has 0 saturated heterocycles. The van der Waals surface area contributed by atoms with Crippen LogP contribution in [0.1, 0.15) is 33.1 Å². The number of nitrogens with one attached hydrogen (secondary N) is 1. The Bertz CT molecular complexity index is 495. The fourth-order valence-electron chi connectivity index (χ4n) is 2.86. The number of hydrogen-bond donors (Lipinski definition) is 1. The molecule has 1 aliphatic rings. The van der Waals surface area contributed by atoms with E-state index in [2.05, 4.69) is 12.2 Å². The minimum atomic E-state index is -1.45. The van der Waals surface area contributed by atoms with Crippen molar-refractivity contribution in [3.05, 3.63) is 29.8 Å². The number of benzene rings is 1. The van der Waals surface area contributed by atoms with Gasteiger partial charge in [0.2, 0.25) is 0 Å². The zero-order valence-corrected chi connectivity index (χ0v) is 12.7. The van der Waals surface area contributed by atoms with Gasteiger partial charge < -0.3 is 5.32 Å². The highest BCUT2D eigenvalue weighted by atomic mass is 32.2. The molecule has 20 heavy (non-hydrogen) atoms. The zero-order chi connectivity index (χ0) is 14.7. The highest BCUT2D eigenvalue weighted by Crippen LogP contribution is 2.31. The van der Waals surface area contributed by atoms with Crippen molar-refractivity contribution in [2.75, 3.05) is 6.54 Å². The molecule has 0 aliphatic heterocycles. The topological polar surface area (TPSA) is 29.1 Å². The minimum Gasteiger partial charge on any atom is -0.313 e. The van der Waals surface area contributed by atoms with Gasteiger partial charge in [0.15, 0.2) is 0 Å². The zero-order valence-electron chi connectivity index (χ0n) is 11.9. The van der Waals surface area contributed by atoms with E-state index in [1.165, 1.54) is 12.1 Å². The van der Waals surface area contributed by atoms with Gasteiger partial charge in [-0.25, -0.2) is 8.78 Å². The number of hydrogen-bond acceptors (Lipinski definition) is 2. The van der Waals surface area contributed by atoms with Crippen LogP contribution in [0.3, 0.4) is 0 Å². The van der Waals surface area contributed by atoms with Crippen molar-refractivity contribution in [3.63, 3.8) is 0 Å². The first kappa shape index (κ1) is 15.6. The van der Waals surface area contributed by atoms with E-state index in [-0.39, 0.29) is 16.2 Å². The standard InChI is InChI=1S/C15H21F2NOS/c1-3-18-13-6-4-10(2)8-15(13)20(19)14-7-5-11(16)9-12(14)17/h5,7,9-10,13,15,18H,3-4,6,8H2,1-2H3. The lowest BCUT2D eigenvalue weighted by Gasteiger charge is -2.34. The summed E-state index contributed by atoms with van der Waals surface area (Å²) in [6, 6.07) is 3.43. The summed E-state index contributed by atoms with van der Waals surface area (Å²) in [5, 5.41) is 3.23. The summed E-state index contributed by atoms with van der Waals surface area (Å²) in [5.74, 6) is -0.859. The lowest BCUT2D eigenvalue weighted by molar-refractivity contribution is 0.316. The summed E-state index contributed by atoms with van der Waals surface area (Å²) >= 11 is 0. The second-order valence-corrected chi connectivity index (χ2v) is 7.13. The molecule has 1 aliphatic carbocycles. The molecule has 1 aromatic rings. The van der Waals surface area contributed by atoms with Gasteiger partial charge in [-0.05, 0) is 43.9 Å². The van der Waals surface area contributed by atoms with E-state index in [1.807, 2.05) is 6.92 Å². The van der Waals surface area contributed by atoms with Crippen molar-refractivity contribution in [2.45, 2.75) is 49.3 Å². The lowest BCUT2D eigenvalue weighted by atomic mass is 9.87. The minimum absolute atomic E-state index is 0.112. The van der Waals surface area contributed by atoms with Crippen molar-refractivity contribution >= 4 is 10.8 Å². The molecule has 4 unspecified atom stereocenters. The maximum atomic E-state index is 13.8. The molecule has 1 fully saturated rings. The van der Waals surface area contributed by atoms with Crippen molar-refractivity contribution < 1.29 is 13.0 Å². The maximum absolute atomic E-state index is 13.8. The summed E-state index contributed by atoms with van der Waals surface area (Å²) in [6.45, 7) is 4.95. The SMILES string of the molecule is CCNC1CCC(C)CC1S(=O)c1ccc(F)cc1F. The van der Waals surface area contributed by atoms with E-state index in [4.69, 9.17) is 0 Å². The van der Waals surface area contributed by atoms with Gasteiger partial charge in [-0.3, -0.25) is 4.21 Å². The van der Waals surface area contributed by atoms with Crippen LogP contribution in [0.2, 0.25) is 0 Å². The fraction of sp³-hybridized carbons (Fsp3) is 0.600. The Morgan fingerprint density at radius 3 is 2.75 bits per heavy atom. The van der Waals surface area contributed by atoms with Gasteiger partial charge in [-0.2, -0.15) is 0 Å². The van der Waals surface area contributed by atoms with Crippen molar-refractivity contribution in [1.29, 1.82) is 0 Å². The van der Waals surface area contributed by atoms with Crippen LogP contribution in [0.4, 0.5) is 8.78 Å². The molecule has 0 aromatic heterocycles. The average Bonchev–Trinajstić information content (AvgIpc) is 2.40. The molecule has 0 amide bonds. The van der Waals surface area contributed by atoms with Crippen LogP contribution in [0.5, 0.6) is 0 Å². The normalized spacial score (nSPS) is 28.3. The maximum Gasteiger partial charge on any atom is 0.142 e. The fourth-order valence-corrected chi connectivity index (χ4v) is 4.68. The molecule has 1 N–H and O–H groups in total. The Morgan fingerprint density at radius 1 is 1.35 bits per heavy atom. The van der Waals surface area contributed by atoms with Crippen LogP contribution in [-0.2, 0) is 10.8 Å². The summed E-state index contributed by atoms with van der Waals surface area (Å²) in [7, 11) is -1.45. The van der Waals surface area contributed by atoms with E-state index < -0.39 is 22.4 Å². The van der Waals surface area contributed by atoms with Gasteiger partial charge in [-0.1, -0.05) is 13.8 Å². The summed E-state index contributed by atoms with van der Waals surface area (Å²) in [6.07, 6.45) is 2.85. The quantitative estimate of drug-likeness (QED) is 0.925. The van der Waals surface area contributed by atoms with Crippen LogP contribution in [0.15, 0.2) is 23.1 Å². The molecule has 4 atom stereocenters. The van der Waals surface area contributed by atoms with Gasteiger partial charge in [0.1, 0.15) is 11.6 Å². The number of rotatable bonds is 4. The molecule has 5 heteroatoms. The second-order valence-electron chi connectivity index (χ2n) is 5.49. The van der Waals surface area contributed by atoms with Gasteiger partial charge in [0.25, 0.3) is 0 Å². The first-order valence-corrected chi connectivity index (χ1v) is 8.33. The molecule has 0 heterocycles. The third-order valence-electron chi connectivity index (χ3n) is 3.91. The Kier molecular flexibility index (Phi) is 5.27. The van der Waals surface area contributed by atoms with Crippen LogP contribution < -0.4 is 5.32 Å². The molecule has 0 bridgehead atoms. The smallest absolute Gasteiger partial charge is 0.142 e. The molecule has 1 saturated carbocycles. The molecule has 2 nitrogen and oxygen atoms in total. The number of halogens is 2. The summed E-state index contributed by atoms with van der Waals surface area (Å²) in [5.41, 5.74) is 0. The Balaban J connectivity index is 2.24. The molecule has 1 aromatic carbocycles. The van der Waals surface area contributed by atoms with Gasteiger partial charge >= 0.3 is 0 Å². The van der Waals surface area contributed by atoms with Crippen LogP contribution in [0, 0.1) is 17.6 Å². The van der Waals surface area contributed by atoms with Crippen LogP contribution in [-0.4, -0.2) is 22.0 Å². The summed E-state index contributed by atoms with van der Waals surface area (Å²) in [4.78, 5) is 0.119. The predicted octanol–water partition coefficient (Wildman–Crippen LogP) is 3.24. The van der Waals surface area contributed by atoms with Crippen molar-refractivity contribution in [1.82, 2.24) is 5.32 Å². The largest absolute Gasteiger partial charge is 0.313 e. The second kappa shape index (κ2) is 6.76. The predicted molar refractivity (Wildman–Crippen MR) is 77.0 cm³/mol. The average molecular weight is 301 g/mol. The van der Waals surface area contributed by atoms with E-state index in [0.29, 0.717) is 5.92 Å². The first-order valence-electron chi connectivity index (χ1n) is 7.12. The van der Waals surface area contributed by atoms with Crippen molar-refractivity contribution in [2.24, 2.45) is 5.92 Å². The third kappa shape index (κ3) is 3.44. The van der Waals surface area contributed by atoms with Gasteiger partial charge in [0, 0.05) is 12.1 Å². The first-order chi connectivity index (χ1) is 9.52. The van der Waals surface area contributed by atoms with E-state index >= 15 is 0 Å². The molecule has 0 spiro atoms. The van der Waals surface area contributed by atoms with Crippen molar-refractivity contribution in [3.8, 4) is 0 Å². The third-order valence-corrected chi connectivity index (χ3v) is 5.74. The molecular weight excluding hydrogens is 280 g/mol. The van der Waals surface area contributed by atoms with E-state index in [1.54, 1.807) is 0 Å². The lowest BCUT2D eigenvalue weighted by Crippen LogP contribution is -2.46. The molecule has 112 valence electrons.